The number of benzene rings is 1. The number of pyridine rings is 1. The van der Waals surface area contributed by atoms with E-state index in [1.807, 2.05) is 0 Å². The zero-order chi connectivity index (χ0) is 22.2. The third kappa shape index (κ3) is 4.17. The molecule has 8 heteroatoms. The molecule has 0 bridgehead atoms. The van der Waals surface area contributed by atoms with E-state index in [1.54, 1.807) is 41.4 Å². The SMILES string of the molecule is O=C(O)CC1CC(=O)c2cc(N3CC[C@@H](Oc4ccc(OCC5CC5)nc4)C3=O)ccc21. The molecule has 1 aliphatic heterocycles. The standard InChI is InChI=1S/C24H24N2O6/c27-20-9-15(10-23(28)29)18-5-3-16(11-19(18)20)26-8-7-21(24(26)30)32-17-4-6-22(25-12-17)31-13-14-1-2-14/h3-6,11-12,14-15,21H,1-2,7-10,13H2,(H,28,29)/t15?,21-/m1/s1. The highest BCUT2D eigenvalue weighted by Gasteiger charge is 2.36. The minimum absolute atomic E-state index is 0.0743. The van der Waals surface area contributed by atoms with Crippen LogP contribution in [0.25, 0.3) is 0 Å². The number of ketones is 1. The number of hydrogen-bond acceptors (Lipinski definition) is 6. The number of rotatable bonds is 8. The Balaban J connectivity index is 1.24. The molecule has 2 atom stereocenters. The molecule has 1 saturated carbocycles. The van der Waals surface area contributed by atoms with Crippen LogP contribution in [0.4, 0.5) is 5.69 Å². The molecule has 1 N–H and O–H groups in total. The summed E-state index contributed by atoms with van der Waals surface area (Å²) in [6.45, 7) is 1.16. The zero-order valence-corrected chi connectivity index (χ0v) is 17.5. The van der Waals surface area contributed by atoms with Gasteiger partial charge in [-0.1, -0.05) is 6.07 Å². The van der Waals surface area contributed by atoms with Gasteiger partial charge in [0.25, 0.3) is 5.91 Å². The first kappa shape index (κ1) is 20.5. The molecule has 1 aromatic heterocycles. The number of aromatic nitrogens is 1. The second kappa shape index (κ2) is 8.26. The van der Waals surface area contributed by atoms with Crippen molar-refractivity contribution in [1.82, 2.24) is 4.98 Å². The Labute approximate surface area is 185 Å². The molecule has 1 saturated heterocycles. The van der Waals surface area contributed by atoms with Crippen molar-refractivity contribution in [2.75, 3.05) is 18.1 Å². The molecular formula is C24H24N2O6. The zero-order valence-electron chi connectivity index (χ0n) is 17.5. The van der Waals surface area contributed by atoms with Gasteiger partial charge in [0, 0.05) is 42.6 Å². The number of aliphatic carboxylic acids is 1. The largest absolute Gasteiger partial charge is 0.481 e. The van der Waals surface area contributed by atoms with Crippen LogP contribution in [0.3, 0.4) is 0 Å². The van der Waals surface area contributed by atoms with Gasteiger partial charge in [0.05, 0.1) is 19.2 Å². The Bertz CT molecular complexity index is 1060. The molecule has 5 rings (SSSR count). The van der Waals surface area contributed by atoms with Gasteiger partial charge in [-0.05, 0) is 42.5 Å². The lowest BCUT2D eigenvalue weighted by atomic mass is 9.97. The normalized spacial score (nSPS) is 22.2. The fraction of sp³-hybridized carbons (Fsp3) is 0.417. The first-order valence-corrected chi connectivity index (χ1v) is 10.9. The number of amides is 1. The van der Waals surface area contributed by atoms with E-state index in [2.05, 4.69) is 4.98 Å². The maximum atomic E-state index is 12.9. The topological polar surface area (TPSA) is 106 Å². The summed E-state index contributed by atoms with van der Waals surface area (Å²) in [4.78, 5) is 42.3. The van der Waals surface area contributed by atoms with Gasteiger partial charge < -0.3 is 19.5 Å². The first-order valence-electron chi connectivity index (χ1n) is 10.9. The number of carboxylic acids is 1. The number of Topliss-reactive ketones (excluding diaryl/α,β-unsaturated/α-hetero) is 1. The molecule has 0 radical (unpaired) electrons. The number of ether oxygens (including phenoxy) is 2. The second-order valence-corrected chi connectivity index (χ2v) is 8.67. The maximum Gasteiger partial charge on any atom is 0.303 e. The number of nitrogens with zero attached hydrogens (tertiary/aromatic N) is 2. The highest BCUT2D eigenvalue weighted by atomic mass is 16.5. The second-order valence-electron chi connectivity index (χ2n) is 8.67. The van der Waals surface area contributed by atoms with Gasteiger partial charge >= 0.3 is 5.97 Å². The van der Waals surface area contributed by atoms with Crippen LogP contribution < -0.4 is 14.4 Å². The molecule has 32 heavy (non-hydrogen) atoms. The van der Waals surface area contributed by atoms with Gasteiger partial charge in [-0.3, -0.25) is 14.4 Å². The molecule has 1 amide bonds. The summed E-state index contributed by atoms with van der Waals surface area (Å²) in [5.41, 5.74) is 1.89. The average Bonchev–Trinajstić information content (AvgIpc) is 3.48. The van der Waals surface area contributed by atoms with Crippen LogP contribution in [0, 0.1) is 5.92 Å². The Morgan fingerprint density at radius 2 is 2.00 bits per heavy atom. The summed E-state index contributed by atoms with van der Waals surface area (Å²) in [5.74, 6) is 0.211. The van der Waals surface area contributed by atoms with E-state index in [4.69, 9.17) is 14.6 Å². The van der Waals surface area contributed by atoms with Crippen LogP contribution in [-0.2, 0) is 9.59 Å². The molecule has 2 heterocycles. The Kier molecular flexibility index (Phi) is 5.28. The van der Waals surface area contributed by atoms with Crippen LogP contribution in [-0.4, -0.2) is 47.0 Å². The molecule has 2 aromatic rings. The summed E-state index contributed by atoms with van der Waals surface area (Å²) < 4.78 is 11.5. The summed E-state index contributed by atoms with van der Waals surface area (Å²) in [5, 5.41) is 9.07. The Hall–Kier alpha value is -3.42. The van der Waals surface area contributed by atoms with Crippen LogP contribution in [0.2, 0.25) is 0 Å². The molecule has 1 unspecified atom stereocenters. The number of anilines is 1. The third-order valence-corrected chi connectivity index (χ3v) is 6.25. The Morgan fingerprint density at radius 3 is 2.72 bits per heavy atom. The fourth-order valence-corrected chi connectivity index (χ4v) is 4.34. The summed E-state index contributed by atoms with van der Waals surface area (Å²) in [6, 6.07) is 8.75. The highest BCUT2D eigenvalue weighted by Crippen LogP contribution is 2.38. The van der Waals surface area contributed by atoms with E-state index >= 15 is 0 Å². The lowest BCUT2D eigenvalue weighted by Gasteiger charge is -2.18. The lowest BCUT2D eigenvalue weighted by Crippen LogP contribution is -2.32. The van der Waals surface area contributed by atoms with Crippen LogP contribution in [0.15, 0.2) is 36.5 Å². The van der Waals surface area contributed by atoms with Crippen LogP contribution >= 0.6 is 0 Å². The predicted octanol–water partition coefficient (Wildman–Crippen LogP) is 3.20. The molecule has 8 nitrogen and oxygen atoms in total. The number of fused-ring (bicyclic) bond motifs is 1. The minimum atomic E-state index is -0.925. The van der Waals surface area contributed by atoms with E-state index in [-0.39, 0.29) is 30.4 Å². The smallest absolute Gasteiger partial charge is 0.303 e. The Morgan fingerprint density at radius 1 is 1.16 bits per heavy atom. The third-order valence-electron chi connectivity index (χ3n) is 6.25. The van der Waals surface area contributed by atoms with Crippen LogP contribution in [0.5, 0.6) is 11.6 Å². The first-order chi connectivity index (χ1) is 15.5. The summed E-state index contributed by atoms with van der Waals surface area (Å²) in [7, 11) is 0. The molecule has 1 aromatic carbocycles. The highest BCUT2D eigenvalue weighted by molar-refractivity contribution is 6.04. The molecule has 2 aliphatic carbocycles. The number of carbonyl (C=O) groups is 3. The van der Waals surface area contributed by atoms with Crippen molar-refractivity contribution in [3.8, 4) is 11.6 Å². The predicted molar refractivity (Wildman–Crippen MR) is 114 cm³/mol. The lowest BCUT2D eigenvalue weighted by molar-refractivity contribution is -0.137. The fourth-order valence-electron chi connectivity index (χ4n) is 4.34. The van der Waals surface area contributed by atoms with Gasteiger partial charge in [-0.25, -0.2) is 4.98 Å². The van der Waals surface area contributed by atoms with E-state index in [1.165, 1.54) is 12.8 Å². The number of hydrogen-bond donors (Lipinski definition) is 1. The van der Waals surface area contributed by atoms with E-state index in [0.717, 1.165) is 5.56 Å². The molecule has 166 valence electrons. The minimum Gasteiger partial charge on any atom is -0.481 e. The van der Waals surface area contributed by atoms with Crippen molar-refractivity contribution in [2.24, 2.45) is 5.92 Å². The molecule has 2 fully saturated rings. The number of carbonyl (C=O) groups excluding carboxylic acids is 2. The van der Waals surface area contributed by atoms with Crippen molar-refractivity contribution in [3.05, 3.63) is 47.7 Å². The van der Waals surface area contributed by atoms with E-state index in [0.29, 0.717) is 48.4 Å². The molecular weight excluding hydrogens is 412 g/mol. The van der Waals surface area contributed by atoms with Crippen molar-refractivity contribution < 1.29 is 29.0 Å². The van der Waals surface area contributed by atoms with E-state index < -0.39 is 12.1 Å². The van der Waals surface area contributed by atoms with Crippen LogP contribution in [0.1, 0.15) is 53.9 Å². The van der Waals surface area contributed by atoms with Gasteiger partial charge in [0.15, 0.2) is 11.9 Å². The summed E-state index contributed by atoms with van der Waals surface area (Å²) >= 11 is 0. The summed E-state index contributed by atoms with van der Waals surface area (Å²) in [6.07, 6.45) is 4.00. The van der Waals surface area contributed by atoms with Gasteiger partial charge in [-0.15, -0.1) is 0 Å². The molecule has 0 spiro atoms. The average molecular weight is 436 g/mol. The number of carboxylic acid groups (broad SMARTS) is 1. The van der Waals surface area contributed by atoms with Gasteiger partial charge in [-0.2, -0.15) is 0 Å². The van der Waals surface area contributed by atoms with Gasteiger partial charge in [0.1, 0.15) is 5.75 Å². The van der Waals surface area contributed by atoms with E-state index in [9.17, 15) is 14.4 Å². The van der Waals surface area contributed by atoms with Crippen molar-refractivity contribution >= 4 is 23.3 Å². The van der Waals surface area contributed by atoms with Crippen molar-refractivity contribution in [2.45, 2.75) is 44.1 Å². The monoisotopic (exact) mass is 436 g/mol. The quantitative estimate of drug-likeness (QED) is 0.677. The van der Waals surface area contributed by atoms with Crippen molar-refractivity contribution in [1.29, 1.82) is 0 Å². The van der Waals surface area contributed by atoms with Crippen molar-refractivity contribution in [3.63, 3.8) is 0 Å². The molecule has 3 aliphatic rings. The van der Waals surface area contributed by atoms with Gasteiger partial charge in [0.2, 0.25) is 5.88 Å². The maximum absolute atomic E-state index is 12.9.